The number of amides is 1. The van der Waals surface area contributed by atoms with Gasteiger partial charge in [-0.3, -0.25) is 5.32 Å². The number of hydrogen-bond acceptors (Lipinski definition) is 4. The van der Waals surface area contributed by atoms with Crippen LogP contribution in [0.3, 0.4) is 0 Å². The van der Waals surface area contributed by atoms with Crippen LogP contribution in [0.1, 0.15) is 22.8 Å². The van der Waals surface area contributed by atoms with Gasteiger partial charge in [0.25, 0.3) is 0 Å². The topological polar surface area (TPSA) is 84.9 Å². The van der Waals surface area contributed by atoms with Crippen molar-refractivity contribution in [3.63, 3.8) is 0 Å². The van der Waals surface area contributed by atoms with Crippen LogP contribution in [-0.4, -0.2) is 24.3 Å². The second-order valence-corrected chi connectivity index (χ2v) is 4.69. The highest BCUT2D eigenvalue weighted by molar-refractivity contribution is 6.00. The molecule has 2 aromatic rings. The highest BCUT2D eigenvalue weighted by atomic mass is 16.6. The van der Waals surface area contributed by atoms with Crippen LogP contribution in [0.4, 0.5) is 10.5 Å². The van der Waals surface area contributed by atoms with Crippen LogP contribution in [0.2, 0.25) is 0 Å². The molecular formula is C17H17NO5. The van der Waals surface area contributed by atoms with Crippen molar-refractivity contribution in [1.29, 1.82) is 0 Å². The van der Waals surface area contributed by atoms with E-state index in [1.165, 1.54) is 13.2 Å². The summed E-state index contributed by atoms with van der Waals surface area (Å²) in [6.45, 7) is 1.85. The van der Waals surface area contributed by atoms with Crippen molar-refractivity contribution in [2.24, 2.45) is 0 Å². The van der Waals surface area contributed by atoms with Gasteiger partial charge >= 0.3 is 12.1 Å². The zero-order valence-corrected chi connectivity index (χ0v) is 12.8. The van der Waals surface area contributed by atoms with Crippen LogP contribution in [0.5, 0.6) is 11.5 Å². The molecule has 23 heavy (non-hydrogen) atoms. The molecule has 0 bridgehead atoms. The second-order valence-electron chi connectivity index (χ2n) is 4.69. The summed E-state index contributed by atoms with van der Waals surface area (Å²) < 4.78 is 10.1. The lowest BCUT2D eigenvalue weighted by Gasteiger charge is -2.12. The molecule has 0 aromatic heterocycles. The molecule has 2 aromatic carbocycles. The van der Waals surface area contributed by atoms with Crippen molar-refractivity contribution in [2.75, 3.05) is 12.4 Å². The highest BCUT2D eigenvalue weighted by Gasteiger charge is 2.17. The van der Waals surface area contributed by atoms with E-state index in [0.717, 1.165) is 0 Å². The largest absolute Gasteiger partial charge is 0.497 e. The van der Waals surface area contributed by atoms with Gasteiger partial charge in [0.05, 0.1) is 18.4 Å². The average Bonchev–Trinajstić information content (AvgIpc) is 2.54. The molecular weight excluding hydrogens is 298 g/mol. The smallest absolute Gasteiger partial charge is 0.417 e. The summed E-state index contributed by atoms with van der Waals surface area (Å²) >= 11 is 0. The van der Waals surface area contributed by atoms with E-state index in [4.69, 9.17) is 9.47 Å². The number of benzene rings is 2. The van der Waals surface area contributed by atoms with Gasteiger partial charge in [-0.2, -0.15) is 0 Å². The fraction of sp³-hybridized carbons (Fsp3) is 0.176. The van der Waals surface area contributed by atoms with Crippen molar-refractivity contribution < 1.29 is 24.2 Å². The first kappa shape index (κ1) is 16.4. The van der Waals surface area contributed by atoms with E-state index >= 15 is 0 Å². The first-order valence-corrected chi connectivity index (χ1v) is 7.03. The molecule has 0 aliphatic carbocycles. The van der Waals surface area contributed by atoms with Crippen molar-refractivity contribution in [3.05, 3.63) is 53.6 Å². The lowest BCUT2D eigenvalue weighted by Crippen LogP contribution is -2.19. The summed E-state index contributed by atoms with van der Waals surface area (Å²) in [5, 5.41) is 11.8. The summed E-state index contributed by atoms with van der Waals surface area (Å²) in [5.41, 5.74) is 0.914. The first-order valence-electron chi connectivity index (χ1n) is 7.03. The van der Waals surface area contributed by atoms with Crippen LogP contribution in [-0.2, 0) is 6.42 Å². The molecule has 2 N–H and O–H groups in total. The third kappa shape index (κ3) is 4.00. The molecule has 0 heterocycles. The summed E-state index contributed by atoms with van der Waals surface area (Å²) in [4.78, 5) is 23.4. The van der Waals surface area contributed by atoms with Crippen molar-refractivity contribution >= 4 is 17.7 Å². The molecule has 0 saturated carbocycles. The molecule has 0 aliphatic rings. The summed E-state index contributed by atoms with van der Waals surface area (Å²) in [7, 11) is 1.54. The van der Waals surface area contributed by atoms with E-state index in [2.05, 4.69) is 5.32 Å². The number of ether oxygens (including phenoxy) is 2. The Morgan fingerprint density at radius 1 is 1.09 bits per heavy atom. The molecule has 0 unspecified atom stereocenters. The normalized spacial score (nSPS) is 10.0. The highest BCUT2D eigenvalue weighted by Crippen LogP contribution is 2.22. The number of anilines is 1. The van der Waals surface area contributed by atoms with Crippen molar-refractivity contribution in [2.45, 2.75) is 13.3 Å². The van der Waals surface area contributed by atoms with Crippen LogP contribution < -0.4 is 14.8 Å². The average molecular weight is 315 g/mol. The van der Waals surface area contributed by atoms with E-state index in [9.17, 15) is 14.7 Å². The maximum absolute atomic E-state index is 12.0. The van der Waals surface area contributed by atoms with E-state index in [1.807, 2.05) is 6.92 Å². The summed E-state index contributed by atoms with van der Waals surface area (Å²) in [6.07, 6.45) is -0.212. The van der Waals surface area contributed by atoms with Crippen LogP contribution in [0.15, 0.2) is 42.5 Å². The number of carbonyl (C=O) groups is 2. The maximum Gasteiger partial charge on any atom is 0.417 e. The Hall–Kier alpha value is -3.02. The van der Waals surface area contributed by atoms with Gasteiger partial charge in [-0.25, -0.2) is 9.59 Å². The number of hydrogen-bond donors (Lipinski definition) is 2. The number of aryl methyl sites for hydroxylation is 1. The fourth-order valence-corrected chi connectivity index (χ4v) is 2.14. The quantitative estimate of drug-likeness (QED) is 0.881. The van der Waals surface area contributed by atoms with E-state index in [-0.39, 0.29) is 11.3 Å². The Labute approximate surface area is 133 Å². The second kappa shape index (κ2) is 7.31. The Bertz CT molecular complexity index is 709. The van der Waals surface area contributed by atoms with E-state index < -0.39 is 12.1 Å². The Kier molecular flexibility index (Phi) is 5.19. The first-order chi connectivity index (χ1) is 11.0. The number of carboxylic acid groups (broad SMARTS) is 1. The Balaban J connectivity index is 2.15. The molecule has 0 fully saturated rings. The molecule has 0 radical (unpaired) electrons. The van der Waals surface area contributed by atoms with Gasteiger partial charge in [0.2, 0.25) is 0 Å². The van der Waals surface area contributed by atoms with Gasteiger partial charge in [-0.1, -0.05) is 19.1 Å². The van der Waals surface area contributed by atoms with E-state index in [0.29, 0.717) is 23.5 Å². The molecule has 6 heteroatoms. The molecule has 0 aliphatic heterocycles. The zero-order chi connectivity index (χ0) is 16.8. The molecule has 6 nitrogen and oxygen atoms in total. The molecule has 0 saturated heterocycles. The standard InChI is InChI=1S/C17H17NO5/c1-3-11-5-4-6-14(15(11)16(19)20)18-17(21)23-13-9-7-12(22-2)8-10-13/h4-10H,3H2,1-2H3,(H,18,21)(H,19,20). The van der Waals surface area contributed by atoms with Crippen molar-refractivity contribution in [1.82, 2.24) is 0 Å². The van der Waals surface area contributed by atoms with Gasteiger partial charge in [-0.15, -0.1) is 0 Å². The van der Waals surface area contributed by atoms with Gasteiger partial charge in [0, 0.05) is 0 Å². The van der Waals surface area contributed by atoms with E-state index in [1.54, 1.807) is 36.4 Å². The number of rotatable bonds is 5. The SMILES string of the molecule is CCc1cccc(NC(=O)Oc2ccc(OC)cc2)c1C(=O)O. The fourth-order valence-electron chi connectivity index (χ4n) is 2.14. The predicted octanol–water partition coefficient (Wildman–Crippen LogP) is 3.57. The minimum Gasteiger partial charge on any atom is -0.497 e. The van der Waals surface area contributed by atoms with Crippen LogP contribution in [0, 0.1) is 0 Å². The van der Waals surface area contributed by atoms with Crippen LogP contribution >= 0.6 is 0 Å². The van der Waals surface area contributed by atoms with Crippen molar-refractivity contribution in [3.8, 4) is 11.5 Å². The minimum atomic E-state index is -1.10. The molecule has 2 rings (SSSR count). The third-order valence-corrected chi connectivity index (χ3v) is 3.25. The molecule has 1 amide bonds. The number of carbonyl (C=O) groups excluding carboxylic acids is 1. The summed E-state index contributed by atoms with van der Waals surface area (Å²) in [6, 6.07) is 11.4. The summed E-state index contributed by atoms with van der Waals surface area (Å²) in [5.74, 6) is -0.129. The number of carboxylic acids is 1. The van der Waals surface area contributed by atoms with Gasteiger partial charge in [0.15, 0.2) is 0 Å². The van der Waals surface area contributed by atoms with Gasteiger partial charge < -0.3 is 14.6 Å². The lowest BCUT2D eigenvalue weighted by molar-refractivity contribution is 0.0697. The van der Waals surface area contributed by atoms with Gasteiger partial charge in [0.1, 0.15) is 11.5 Å². The number of nitrogens with one attached hydrogen (secondary N) is 1. The maximum atomic E-state index is 12.0. The lowest BCUT2D eigenvalue weighted by atomic mass is 10.0. The monoisotopic (exact) mass is 315 g/mol. The molecule has 0 spiro atoms. The molecule has 0 atom stereocenters. The van der Waals surface area contributed by atoms with Gasteiger partial charge in [-0.05, 0) is 42.3 Å². The number of methoxy groups -OCH3 is 1. The number of aromatic carboxylic acids is 1. The zero-order valence-electron chi connectivity index (χ0n) is 12.8. The predicted molar refractivity (Wildman–Crippen MR) is 85.4 cm³/mol. The Morgan fingerprint density at radius 3 is 2.30 bits per heavy atom. The molecule has 120 valence electrons. The Morgan fingerprint density at radius 2 is 1.74 bits per heavy atom. The third-order valence-electron chi connectivity index (χ3n) is 3.25. The van der Waals surface area contributed by atoms with Crippen LogP contribution in [0.25, 0.3) is 0 Å². The minimum absolute atomic E-state index is 0.0710.